The zero-order valence-corrected chi connectivity index (χ0v) is 12.6. The van der Waals surface area contributed by atoms with Crippen LogP contribution in [0, 0.1) is 25.2 Å². The number of aromatic amines is 1. The van der Waals surface area contributed by atoms with Crippen LogP contribution < -0.4 is 4.72 Å². The van der Waals surface area contributed by atoms with Crippen molar-refractivity contribution in [1.82, 2.24) is 10.2 Å². The van der Waals surface area contributed by atoms with E-state index in [1.807, 2.05) is 6.07 Å². The fraction of sp³-hybridized carbons (Fsp3) is 0.182. The van der Waals surface area contributed by atoms with Gasteiger partial charge < -0.3 is 5.11 Å². The third-order valence-corrected chi connectivity index (χ3v) is 5.40. The van der Waals surface area contributed by atoms with Crippen LogP contribution in [-0.2, 0) is 10.0 Å². The lowest BCUT2D eigenvalue weighted by Gasteiger charge is -2.05. The number of H-pyrrole nitrogens is 1. The Kier molecular flexibility index (Phi) is 3.71. The van der Waals surface area contributed by atoms with Gasteiger partial charge in [-0.3, -0.25) is 9.82 Å². The molecule has 8 nitrogen and oxygen atoms in total. The number of carboxylic acid groups (broad SMARTS) is 1. The molecule has 0 aliphatic rings. The first-order chi connectivity index (χ1) is 9.77. The molecular weight excluding hydrogens is 316 g/mol. The van der Waals surface area contributed by atoms with Gasteiger partial charge in [0.25, 0.3) is 10.0 Å². The van der Waals surface area contributed by atoms with Gasteiger partial charge in [-0.1, -0.05) is 0 Å². The molecule has 110 valence electrons. The van der Waals surface area contributed by atoms with Crippen molar-refractivity contribution in [2.45, 2.75) is 18.9 Å². The predicted octanol–water partition coefficient (Wildman–Crippen LogP) is 1.46. The zero-order chi connectivity index (χ0) is 15.8. The van der Waals surface area contributed by atoms with Gasteiger partial charge in [-0.15, -0.1) is 11.3 Å². The van der Waals surface area contributed by atoms with Gasteiger partial charge >= 0.3 is 5.97 Å². The molecule has 0 saturated heterocycles. The Bertz CT molecular complexity index is 857. The molecule has 2 aromatic rings. The number of nitrogens with one attached hydrogen (secondary N) is 2. The van der Waals surface area contributed by atoms with Crippen LogP contribution in [0.5, 0.6) is 0 Å². The minimum absolute atomic E-state index is 0.151. The van der Waals surface area contributed by atoms with E-state index in [-0.39, 0.29) is 10.6 Å². The Hall–Kier alpha value is -2.38. The number of aryl methyl sites for hydroxylation is 1. The van der Waals surface area contributed by atoms with Crippen LogP contribution in [-0.4, -0.2) is 29.7 Å². The van der Waals surface area contributed by atoms with Crippen molar-refractivity contribution >= 4 is 32.3 Å². The first-order valence-corrected chi connectivity index (χ1v) is 7.87. The van der Waals surface area contributed by atoms with Crippen molar-refractivity contribution in [1.29, 1.82) is 5.26 Å². The zero-order valence-electron chi connectivity index (χ0n) is 11.0. The molecule has 0 spiro atoms. The highest BCUT2D eigenvalue weighted by atomic mass is 32.2. The molecule has 2 heterocycles. The molecule has 0 bridgehead atoms. The first-order valence-electron chi connectivity index (χ1n) is 5.57. The molecule has 2 aromatic heterocycles. The quantitative estimate of drug-likeness (QED) is 0.778. The fourth-order valence-electron chi connectivity index (χ4n) is 1.64. The molecule has 0 fully saturated rings. The summed E-state index contributed by atoms with van der Waals surface area (Å²) in [5, 5.41) is 23.2. The molecule has 0 radical (unpaired) electrons. The maximum Gasteiger partial charge on any atom is 0.340 e. The number of rotatable bonds is 4. The van der Waals surface area contributed by atoms with E-state index in [2.05, 4.69) is 14.9 Å². The van der Waals surface area contributed by atoms with Crippen LogP contribution in [0.15, 0.2) is 11.2 Å². The monoisotopic (exact) mass is 326 g/mol. The van der Waals surface area contributed by atoms with E-state index in [0.29, 0.717) is 5.56 Å². The van der Waals surface area contributed by atoms with Crippen molar-refractivity contribution in [2.75, 3.05) is 4.72 Å². The third-order valence-electron chi connectivity index (χ3n) is 2.83. The largest absolute Gasteiger partial charge is 0.478 e. The fourth-order valence-corrected chi connectivity index (χ4v) is 4.05. The molecular formula is C11H10N4O4S2. The van der Waals surface area contributed by atoms with Gasteiger partial charge in [0.15, 0.2) is 5.03 Å². The summed E-state index contributed by atoms with van der Waals surface area (Å²) in [6.07, 6.45) is 0.910. The van der Waals surface area contributed by atoms with Crippen LogP contribution in [0.3, 0.4) is 0 Å². The summed E-state index contributed by atoms with van der Waals surface area (Å²) in [7, 11) is -4.17. The van der Waals surface area contributed by atoms with Crippen molar-refractivity contribution in [3.8, 4) is 6.07 Å². The lowest BCUT2D eigenvalue weighted by atomic mass is 10.2. The Morgan fingerprint density at radius 1 is 1.52 bits per heavy atom. The Morgan fingerprint density at radius 2 is 2.19 bits per heavy atom. The first kappa shape index (κ1) is 15.0. The van der Waals surface area contributed by atoms with Gasteiger partial charge in [-0.25, -0.2) is 4.79 Å². The minimum Gasteiger partial charge on any atom is -0.478 e. The summed E-state index contributed by atoms with van der Waals surface area (Å²) >= 11 is 1.11. The summed E-state index contributed by atoms with van der Waals surface area (Å²) in [5.74, 6) is -1.41. The van der Waals surface area contributed by atoms with Gasteiger partial charge in [0.2, 0.25) is 0 Å². The Morgan fingerprint density at radius 3 is 2.76 bits per heavy atom. The second-order valence-electron chi connectivity index (χ2n) is 4.12. The number of aromatic nitrogens is 2. The smallest absolute Gasteiger partial charge is 0.340 e. The number of carbonyl (C=O) groups is 1. The van der Waals surface area contributed by atoms with E-state index in [4.69, 9.17) is 10.4 Å². The number of sulfonamides is 1. The number of nitriles is 1. The summed E-state index contributed by atoms with van der Waals surface area (Å²) in [6.45, 7) is 3.47. The SMILES string of the molecule is Cc1sc(NS(=O)(=O)c2[nH]ncc2C(=O)O)c(C#N)c1C. The van der Waals surface area contributed by atoms with Crippen molar-refractivity contribution in [3.63, 3.8) is 0 Å². The van der Waals surface area contributed by atoms with Crippen LogP contribution >= 0.6 is 11.3 Å². The normalized spacial score (nSPS) is 11.1. The molecule has 0 aliphatic carbocycles. The van der Waals surface area contributed by atoms with E-state index < -0.39 is 26.6 Å². The summed E-state index contributed by atoms with van der Waals surface area (Å²) in [6, 6.07) is 1.93. The number of aromatic carboxylic acids is 1. The minimum atomic E-state index is -4.17. The highest BCUT2D eigenvalue weighted by Crippen LogP contribution is 2.33. The number of hydrogen-bond acceptors (Lipinski definition) is 6. The average Bonchev–Trinajstić information content (AvgIpc) is 2.96. The molecule has 0 amide bonds. The van der Waals surface area contributed by atoms with Crippen molar-refractivity contribution in [3.05, 3.63) is 27.8 Å². The lowest BCUT2D eigenvalue weighted by molar-refractivity contribution is 0.0692. The molecule has 0 aliphatic heterocycles. The highest BCUT2D eigenvalue weighted by Gasteiger charge is 2.27. The van der Waals surface area contributed by atoms with Crippen LogP contribution in [0.1, 0.15) is 26.4 Å². The number of nitrogens with zero attached hydrogens (tertiary/aromatic N) is 2. The lowest BCUT2D eigenvalue weighted by Crippen LogP contribution is -2.16. The van der Waals surface area contributed by atoms with E-state index in [1.54, 1.807) is 13.8 Å². The molecule has 3 N–H and O–H groups in total. The van der Waals surface area contributed by atoms with E-state index >= 15 is 0 Å². The van der Waals surface area contributed by atoms with E-state index in [1.165, 1.54) is 0 Å². The van der Waals surface area contributed by atoms with E-state index in [0.717, 1.165) is 22.4 Å². The number of anilines is 1. The summed E-state index contributed by atoms with van der Waals surface area (Å²) in [5.41, 5.74) is 0.437. The maximum atomic E-state index is 12.2. The molecule has 0 unspecified atom stereocenters. The standard InChI is InChI=1S/C11H10N4O4S2/c1-5-6(2)20-9(7(5)3-12)15-21(18,19)10-8(11(16)17)4-13-14-10/h4,15H,1-2H3,(H,13,14)(H,16,17). The Balaban J connectivity index is 2.48. The maximum absolute atomic E-state index is 12.2. The summed E-state index contributed by atoms with van der Waals surface area (Å²) in [4.78, 5) is 11.8. The van der Waals surface area contributed by atoms with Crippen LogP contribution in [0.25, 0.3) is 0 Å². The van der Waals surface area contributed by atoms with Gasteiger partial charge in [0, 0.05) is 4.88 Å². The highest BCUT2D eigenvalue weighted by molar-refractivity contribution is 7.93. The number of carboxylic acids is 1. The van der Waals surface area contributed by atoms with Gasteiger partial charge in [-0.2, -0.15) is 18.8 Å². The van der Waals surface area contributed by atoms with Gasteiger partial charge in [0.1, 0.15) is 16.6 Å². The summed E-state index contributed by atoms with van der Waals surface area (Å²) < 4.78 is 26.7. The Labute approximate surface area is 124 Å². The third kappa shape index (κ3) is 2.61. The molecule has 0 aromatic carbocycles. The number of thiophene rings is 1. The van der Waals surface area contributed by atoms with Crippen molar-refractivity contribution in [2.24, 2.45) is 0 Å². The number of hydrogen-bond donors (Lipinski definition) is 3. The average molecular weight is 326 g/mol. The molecule has 0 saturated carbocycles. The molecule has 2 rings (SSSR count). The molecule has 0 atom stereocenters. The van der Waals surface area contributed by atoms with Gasteiger partial charge in [0.05, 0.1) is 11.8 Å². The topological polar surface area (TPSA) is 136 Å². The van der Waals surface area contributed by atoms with E-state index in [9.17, 15) is 13.2 Å². The van der Waals surface area contributed by atoms with Crippen LogP contribution in [0.2, 0.25) is 0 Å². The second-order valence-corrected chi connectivity index (χ2v) is 6.97. The predicted molar refractivity (Wildman–Crippen MR) is 74.9 cm³/mol. The van der Waals surface area contributed by atoms with Crippen LogP contribution in [0.4, 0.5) is 5.00 Å². The molecule has 21 heavy (non-hydrogen) atoms. The van der Waals surface area contributed by atoms with Crippen molar-refractivity contribution < 1.29 is 18.3 Å². The molecule has 10 heteroatoms. The van der Waals surface area contributed by atoms with Gasteiger partial charge in [-0.05, 0) is 19.4 Å². The second kappa shape index (κ2) is 5.19.